The summed E-state index contributed by atoms with van der Waals surface area (Å²) in [6, 6.07) is 17.7. The minimum absolute atomic E-state index is 0.0579. The molecular weight excluding hydrogens is 454 g/mol. The topological polar surface area (TPSA) is 89.4 Å². The maximum atomic E-state index is 12.6. The Balaban J connectivity index is 1.36. The second-order valence-corrected chi connectivity index (χ2v) is 9.07. The summed E-state index contributed by atoms with van der Waals surface area (Å²) in [5.41, 5.74) is 6.84. The van der Waals surface area contributed by atoms with E-state index in [1.165, 1.54) is 0 Å². The number of ether oxygens (including phenoxy) is 1. The van der Waals surface area contributed by atoms with Gasteiger partial charge < -0.3 is 19.5 Å². The number of aryl methyl sites for hydroxylation is 2. The summed E-state index contributed by atoms with van der Waals surface area (Å²) in [5, 5.41) is 2.98. The Morgan fingerprint density at radius 2 is 1.72 bits per heavy atom. The number of nitrogens with zero attached hydrogens (tertiary/aromatic N) is 4. The molecule has 2 aromatic carbocycles. The van der Waals surface area contributed by atoms with Crippen molar-refractivity contribution >= 4 is 28.7 Å². The molecule has 2 amide bonds. The number of nitrogens with one attached hydrogen (secondary N) is 1. The van der Waals surface area contributed by atoms with Gasteiger partial charge in [0.15, 0.2) is 11.4 Å². The highest BCUT2D eigenvalue weighted by Crippen LogP contribution is 2.25. The van der Waals surface area contributed by atoms with E-state index in [-0.39, 0.29) is 11.8 Å². The zero-order valence-corrected chi connectivity index (χ0v) is 20.7. The molecule has 36 heavy (non-hydrogen) atoms. The zero-order valence-electron chi connectivity index (χ0n) is 20.7. The molecule has 0 radical (unpaired) electrons. The number of fused-ring (bicyclic) bond motifs is 1. The Labute approximate surface area is 209 Å². The smallest absolute Gasteiger partial charge is 0.322 e. The number of carbonyl (C=O) groups excluding carboxylic acids is 2. The van der Waals surface area contributed by atoms with Gasteiger partial charge in [-0.3, -0.25) is 4.79 Å². The highest BCUT2D eigenvalue weighted by molar-refractivity contribution is 5.95. The van der Waals surface area contributed by atoms with Crippen molar-refractivity contribution in [2.45, 2.75) is 27.3 Å². The van der Waals surface area contributed by atoms with Crippen molar-refractivity contribution in [3.05, 3.63) is 77.2 Å². The lowest BCUT2D eigenvalue weighted by atomic mass is 10.0. The number of morpholine rings is 1. The van der Waals surface area contributed by atoms with Crippen molar-refractivity contribution < 1.29 is 14.3 Å². The molecule has 1 aliphatic heterocycles. The van der Waals surface area contributed by atoms with Gasteiger partial charge in [-0.15, -0.1) is 0 Å². The molecule has 8 heteroatoms. The minimum Gasteiger partial charge on any atom is -0.378 e. The normalized spacial score (nSPS) is 13.7. The van der Waals surface area contributed by atoms with E-state index in [4.69, 9.17) is 14.7 Å². The Morgan fingerprint density at radius 1 is 0.972 bits per heavy atom. The van der Waals surface area contributed by atoms with Crippen LogP contribution in [0.3, 0.4) is 0 Å². The molecule has 5 rings (SSSR count). The van der Waals surface area contributed by atoms with Gasteiger partial charge in [0.25, 0.3) is 0 Å². The van der Waals surface area contributed by atoms with Gasteiger partial charge in [-0.05, 0) is 49.6 Å². The van der Waals surface area contributed by atoms with Crippen LogP contribution in [0, 0.1) is 13.8 Å². The van der Waals surface area contributed by atoms with Gasteiger partial charge in [0.1, 0.15) is 11.3 Å². The Morgan fingerprint density at radius 3 is 2.44 bits per heavy atom. The number of pyridine rings is 1. The molecule has 0 aliphatic carbocycles. The molecule has 1 fully saturated rings. The first-order valence-corrected chi connectivity index (χ1v) is 12.1. The average molecular weight is 484 g/mol. The minimum atomic E-state index is -0.146. The van der Waals surface area contributed by atoms with E-state index in [0.29, 0.717) is 44.1 Å². The first-order valence-electron chi connectivity index (χ1n) is 12.1. The van der Waals surface area contributed by atoms with Gasteiger partial charge in [0.2, 0.25) is 0 Å². The SMILES string of the molecule is CC(=O)c1cccc(-c2ccc(Cn3c(C)nc4cc(NC(=O)N5CCOCC5)c(C)nc43)cc2)c1. The molecule has 8 nitrogen and oxygen atoms in total. The van der Waals surface area contributed by atoms with Crippen molar-refractivity contribution in [1.82, 2.24) is 19.4 Å². The highest BCUT2D eigenvalue weighted by atomic mass is 16.5. The number of hydrogen-bond acceptors (Lipinski definition) is 5. The van der Waals surface area contributed by atoms with E-state index in [1.807, 2.05) is 44.2 Å². The number of hydrogen-bond donors (Lipinski definition) is 1. The lowest BCUT2D eigenvalue weighted by molar-refractivity contribution is 0.0564. The molecule has 4 aromatic rings. The van der Waals surface area contributed by atoms with Gasteiger partial charge in [0, 0.05) is 18.7 Å². The summed E-state index contributed by atoms with van der Waals surface area (Å²) in [5.74, 6) is 0.911. The molecule has 0 atom stereocenters. The fourth-order valence-electron chi connectivity index (χ4n) is 4.43. The molecule has 1 saturated heterocycles. The maximum absolute atomic E-state index is 12.6. The second-order valence-electron chi connectivity index (χ2n) is 9.07. The number of carbonyl (C=O) groups is 2. The fourth-order valence-corrected chi connectivity index (χ4v) is 4.43. The van der Waals surface area contributed by atoms with Crippen molar-refractivity contribution in [3.8, 4) is 11.1 Å². The average Bonchev–Trinajstić information content (AvgIpc) is 3.18. The van der Waals surface area contributed by atoms with Crippen LogP contribution in [0.4, 0.5) is 10.5 Å². The van der Waals surface area contributed by atoms with Crippen LogP contribution in [0.5, 0.6) is 0 Å². The van der Waals surface area contributed by atoms with E-state index in [2.05, 4.69) is 34.1 Å². The largest absolute Gasteiger partial charge is 0.378 e. The number of aromatic nitrogens is 3. The van der Waals surface area contributed by atoms with E-state index < -0.39 is 0 Å². The summed E-state index contributed by atoms with van der Waals surface area (Å²) >= 11 is 0. The van der Waals surface area contributed by atoms with Crippen molar-refractivity contribution in [2.24, 2.45) is 0 Å². The molecule has 184 valence electrons. The Bertz CT molecular complexity index is 1440. The van der Waals surface area contributed by atoms with Crippen molar-refractivity contribution in [1.29, 1.82) is 0 Å². The highest BCUT2D eigenvalue weighted by Gasteiger charge is 2.19. The number of rotatable bonds is 5. The number of imidazole rings is 1. The first kappa shape index (κ1) is 23.7. The number of urea groups is 1. The molecule has 0 saturated carbocycles. The predicted octanol–water partition coefficient (Wildman–Crippen LogP) is 4.83. The Kier molecular flexibility index (Phi) is 6.52. The zero-order chi connectivity index (χ0) is 25.2. The third kappa shape index (κ3) is 4.85. The maximum Gasteiger partial charge on any atom is 0.322 e. The van der Waals surface area contributed by atoms with Crippen LogP contribution >= 0.6 is 0 Å². The summed E-state index contributed by atoms with van der Waals surface area (Å²) in [7, 11) is 0. The van der Waals surface area contributed by atoms with Crippen molar-refractivity contribution in [3.63, 3.8) is 0 Å². The molecule has 0 spiro atoms. The van der Waals surface area contributed by atoms with Gasteiger partial charge in [-0.2, -0.15) is 0 Å². The lowest BCUT2D eigenvalue weighted by Crippen LogP contribution is -2.43. The monoisotopic (exact) mass is 483 g/mol. The number of Topliss-reactive ketones (excluding diaryl/α,β-unsaturated/α-hetero) is 1. The van der Waals surface area contributed by atoms with E-state index >= 15 is 0 Å². The third-order valence-electron chi connectivity index (χ3n) is 6.54. The standard InChI is InChI=1S/C28H29N5O3/c1-18-25(31-28(35)32-11-13-36-14-12-32)16-26-27(29-18)33(20(3)30-26)17-21-7-9-22(10-8-21)24-6-4-5-23(15-24)19(2)34/h4-10,15-16H,11-14,17H2,1-3H3,(H,31,35). The van der Waals surface area contributed by atoms with E-state index in [9.17, 15) is 9.59 Å². The van der Waals surface area contributed by atoms with Crippen LogP contribution in [0.25, 0.3) is 22.3 Å². The molecule has 1 aliphatic rings. The number of benzene rings is 2. The van der Waals surface area contributed by atoms with Gasteiger partial charge in [0.05, 0.1) is 31.1 Å². The lowest BCUT2D eigenvalue weighted by Gasteiger charge is -2.27. The fraction of sp³-hybridized carbons (Fsp3) is 0.286. The van der Waals surface area contributed by atoms with Crippen LogP contribution in [-0.4, -0.2) is 57.6 Å². The number of anilines is 1. The predicted molar refractivity (Wildman–Crippen MR) is 139 cm³/mol. The van der Waals surface area contributed by atoms with Crippen LogP contribution in [0.2, 0.25) is 0 Å². The van der Waals surface area contributed by atoms with Crippen LogP contribution in [-0.2, 0) is 11.3 Å². The van der Waals surface area contributed by atoms with Crippen LogP contribution in [0.1, 0.15) is 34.4 Å². The van der Waals surface area contributed by atoms with E-state index in [1.54, 1.807) is 11.8 Å². The summed E-state index contributed by atoms with van der Waals surface area (Å²) in [6.45, 7) is 8.33. The first-order chi connectivity index (χ1) is 17.4. The summed E-state index contributed by atoms with van der Waals surface area (Å²) < 4.78 is 7.41. The molecular formula is C28H29N5O3. The molecule has 2 aromatic heterocycles. The molecule has 3 heterocycles. The van der Waals surface area contributed by atoms with Crippen molar-refractivity contribution in [2.75, 3.05) is 31.6 Å². The van der Waals surface area contributed by atoms with Gasteiger partial charge in [-0.1, -0.05) is 42.5 Å². The summed E-state index contributed by atoms with van der Waals surface area (Å²) in [6.07, 6.45) is 0. The molecule has 1 N–H and O–H groups in total. The molecule has 0 unspecified atom stereocenters. The summed E-state index contributed by atoms with van der Waals surface area (Å²) in [4.78, 5) is 35.6. The van der Waals surface area contributed by atoms with Gasteiger partial charge >= 0.3 is 6.03 Å². The van der Waals surface area contributed by atoms with Crippen LogP contribution in [0.15, 0.2) is 54.6 Å². The van der Waals surface area contributed by atoms with E-state index in [0.717, 1.165) is 39.4 Å². The Hall–Kier alpha value is -4.04. The number of amides is 2. The number of ketones is 1. The molecule has 0 bridgehead atoms. The van der Waals surface area contributed by atoms with Gasteiger partial charge in [-0.25, -0.2) is 14.8 Å². The quantitative estimate of drug-likeness (QED) is 0.411. The third-order valence-corrected chi connectivity index (χ3v) is 6.54. The van der Waals surface area contributed by atoms with Crippen LogP contribution < -0.4 is 5.32 Å². The second kappa shape index (κ2) is 9.91.